The molecule has 8 heteroatoms. The molecule has 0 aliphatic heterocycles. The van der Waals surface area contributed by atoms with Gasteiger partial charge < -0.3 is 20.1 Å². The molecule has 0 spiro atoms. The molecule has 0 fully saturated rings. The van der Waals surface area contributed by atoms with Crippen molar-refractivity contribution in [1.29, 1.82) is 0 Å². The molecule has 0 aliphatic carbocycles. The lowest BCUT2D eigenvalue weighted by molar-refractivity contribution is -0.128. The van der Waals surface area contributed by atoms with Gasteiger partial charge in [-0.2, -0.15) is 0 Å². The van der Waals surface area contributed by atoms with Crippen LogP contribution in [0.2, 0.25) is 5.02 Å². The van der Waals surface area contributed by atoms with Gasteiger partial charge in [-0.3, -0.25) is 9.79 Å². The smallest absolute Gasteiger partial charge is 0.225 e. The SMILES string of the molecule is CN=C(NCCNC(=O)C(C)(C)C)N(C)Cc1cc(Cl)cn1C.I. The van der Waals surface area contributed by atoms with Crippen molar-refractivity contribution in [3.8, 4) is 0 Å². The lowest BCUT2D eigenvalue weighted by Crippen LogP contribution is -2.44. The summed E-state index contributed by atoms with van der Waals surface area (Å²) in [5.41, 5.74) is 0.728. The van der Waals surface area contributed by atoms with Crippen molar-refractivity contribution in [1.82, 2.24) is 20.1 Å². The van der Waals surface area contributed by atoms with E-state index < -0.39 is 0 Å². The van der Waals surface area contributed by atoms with Crippen molar-refractivity contribution in [2.24, 2.45) is 17.5 Å². The molecule has 0 aliphatic rings. The van der Waals surface area contributed by atoms with Crippen LogP contribution in [-0.4, -0.2) is 48.5 Å². The largest absolute Gasteiger partial charge is 0.354 e. The topological polar surface area (TPSA) is 61.7 Å². The van der Waals surface area contributed by atoms with Crippen LogP contribution in [0, 0.1) is 5.41 Å². The number of amides is 1. The van der Waals surface area contributed by atoms with Crippen LogP contribution in [0.5, 0.6) is 0 Å². The Labute approximate surface area is 167 Å². The Morgan fingerprint density at radius 2 is 1.92 bits per heavy atom. The molecular formula is C16H29ClIN5O. The van der Waals surface area contributed by atoms with E-state index in [-0.39, 0.29) is 35.3 Å². The Morgan fingerprint density at radius 3 is 2.38 bits per heavy atom. The average Bonchev–Trinajstić information content (AvgIpc) is 2.75. The highest BCUT2D eigenvalue weighted by molar-refractivity contribution is 14.0. The second-order valence-corrected chi connectivity index (χ2v) is 7.03. The van der Waals surface area contributed by atoms with Crippen LogP contribution in [0.3, 0.4) is 0 Å². The third kappa shape index (κ3) is 7.29. The minimum Gasteiger partial charge on any atom is -0.354 e. The summed E-state index contributed by atoms with van der Waals surface area (Å²) in [6.07, 6.45) is 1.88. The number of carbonyl (C=O) groups is 1. The highest BCUT2D eigenvalue weighted by Crippen LogP contribution is 2.14. The predicted molar refractivity (Wildman–Crippen MR) is 111 cm³/mol. The van der Waals surface area contributed by atoms with Gasteiger partial charge in [0.1, 0.15) is 0 Å². The number of nitrogens with zero attached hydrogens (tertiary/aromatic N) is 3. The molecule has 0 saturated carbocycles. The maximum absolute atomic E-state index is 11.8. The first kappa shape index (κ1) is 23.0. The fourth-order valence-electron chi connectivity index (χ4n) is 2.04. The summed E-state index contributed by atoms with van der Waals surface area (Å²) in [6, 6.07) is 1.94. The molecule has 0 aromatic carbocycles. The zero-order chi connectivity index (χ0) is 17.6. The van der Waals surface area contributed by atoms with Crippen LogP contribution < -0.4 is 10.6 Å². The summed E-state index contributed by atoms with van der Waals surface area (Å²) >= 11 is 6.01. The lowest BCUT2D eigenvalue weighted by Gasteiger charge is -2.23. The molecule has 138 valence electrons. The Balaban J connectivity index is 0.00000529. The van der Waals surface area contributed by atoms with Crippen molar-refractivity contribution in [3.05, 3.63) is 23.0 Å². The zero-order valence-corrected chi connectivity index (χ0v) is 18.4. The average molecular weight is 470 g/mol. The van der Waals surface area contributed by atoms with Crippen LogP contribution in [-0.2, 0) is 18.4 Å². The van der Waals surface area contributed by atoms with E-state index in [0.29, 0.717) is 19.6 Å². The number of aliphatic imine (C=N–C) groups is 1. The van der Waals surface area contributed by atoms with Gasteiger partial charge in [0, 0.05) is 51.5 Å². The number of hydrogen-bond donors (Lipinski definition) is 2. The highest BCUT2D eigenvalue weighted by Gasteiger charge is 2.20. The third-order valence-electron chi connectivity index (χ3n) is 3.42. The molecule has 0 bridgehead atoms. The van der Waals surface area contributed by atoms with Gasteiger partial charge in [0.15, 0.2) is 5.96 Å². The minimum absolute atomic E-state index is 0. The molecule has 0 unspecified atom stereocenters. The number of aryl methyl sites for hydroxylation is 1. The molecular weight excluding hydrogens is 441 g/mol. The molecule has 1 aromatic heterocycles. The first-order valence-electron chi connectivity index (χ1n) is 7.66. The molecule has 1 amide bonds. The molecule has 6 nitrogen and oxygen atoms in total. The van der Waals surface area contributed by atoms with Gasteiger partial charge in [0.25, 0.3) is 0 Å². The van der Waals surface area contributed by atoms with Crippen molar-refractivity contribution < 1.29 is 4.79 Å². The van der Waals surface area contributed by atoms with Gasteiger partial charge in [-0.05, 0) is 6.07 Å². The van der Waals surface area contributed by atoms with Crippen LogP contribution in [0.1, 0.15) is 26.5 Å². The van der Waals surface area contributed by atoms with E-state index in [9.17, 15) is 4.79 Å². The maximum atomic E-state index is 11.8. The summed E-state index contributed by atoms with van der Waals surface area (Å²) in [5, 5.41) is 6.87. The Kier molecular flexibility index (Phi) is 9.72. The Bertz CT molecular complexity index is 565. The molecule has 1 rings (SSSR count). The Hall–Kier alpha value is -0.960. The fourth-order valence-corrected chi connectivity index (χ4v) is 2.31. The van der Waals surface area contributed by atoms with E-state index in [2.05, 4.69) is 15.6 Å². The van der Waals surface area contributed by atoms with Crippen molar-refractivity contribution in [3.63, 3.8) is 0 Å². The first-order valence-corrected chi connectivity index (χ1v) is 8.03. The Morgan fingerprint density at radius 1 is 1.33 bits per heavy atom. The van der Waals surface area contributed by atoms with E-state index >= 15 is 0 Å². The number of carbonyl (C=O) groups excluding carboxylic acids is 1. The number of guanidine groups is 1. The molecule has 24 heavy (non-hydrogen) atoms. The number of rotatable bonds is 5. The predicted octanol–water partition coefficient (Wildman–Crippen LogP) is 2.47. The molecule has 0 atom stereocenters. The van der Waals surface area contributed by atoms with E-state index in [1.807, 2.05) is 56.6 Å². The van der Waals surface area contributed by atoms with Gasteiger partial charge in [-0.1, -0.05) is 32.4 Å². The quantitative estimate of drug-likeness (QED) is 0.301. The minimum atomic E-state index is -0.371. The number of hydrogen-bond acceptors (Lipinski definition) is 2. The number of nitrogens with one attached hydrogen (secondary N) is 2. The summed E-state index contributed by atoms with van der Waals surface area (Å²) in [7, 11) is 5.67. The van der Waals surface area contributed by atoms with Crippen LogP contribution >= 0.6 is 35.6 Å². The van der Waals surface area contributed by atoms with Gasteiger partial charge in [-0.25, -0.2) is 0 Å². The van der Waals surface area contributed by atoms with E-state index in [1.165, 1.54) is 0 Å². The van der Waals surface area contributed by atoms with Crippen LogP contribution in [0.25, 0.3) is 0 Å². The first-order chi connectivity index (χ1) is 10.6. The number of aromatic nitrogens is 1. The van der Waals surface area contributed by atoms with E-state index in [1.54, 1.807) is 7.05 Å². The summed E-state index contributed by atoms with van der Waals surface area (Å²) < 4.78 is 2.00. The lowest BCUT2D eigenvalue weighted by atomic mass is 9.96. The zero-order valence-electron chi connectivity index (χ0n) is 15.3. The summed E-state index contributed by atoms with van der Waals surface area (Å²) in [4.78, 5) is 18.1. The van der Waals surface area contributed by atoms with Gasteiger partial charge >= 0.3 is 0 Å². The molecule has 2 N–H and O–H groups in total. The van der Waals surface area contributed by atoms with Gasteiger partial charge in [-0.15, -0.1) is 24.0 Å². The molecule has 0 radical (unpaired) electrons. The maximum Gasteiger partial charge on any atom is 0.225 e. The van der Waals surface area contributed by atoms with Crippen molar-refractivity contribution >= 4 is 47.4 Å². The normalized spacial score (nSPS) is 11.7. The monoisotopic (exact) mass is 469 g/mol. The van der Waals surface area contributed by atoms with Crippen molar-refractivity contribution in [2.45, 2.75) is 27.3 Å². The second-order valence-electron chi connectivity index (χ2n) is 6.60. The van der Waals surface area contributed by atoms with Crippen LogP contribution in [0.15, 0.2) is 17.3 Å². The van der Waals surface area contributed by atoms with E-state index in [4.69, 9.17) is 11.6 Å². The van der Waals surface area contributed by atoms with Gasteiger partial charge in [0.2, 0.25) is 5.91 Å². The molecule has 0 saturated heterocycles. The summed E-state index contributed by atoms with van der Waals surface area (Å²) in [6.45, 7) is 7.55. The number of halogens is 2. The standard InChI is InChI=1S/C16H28ClN5O.HI/c1-16(2,3)14(23)19-7-8-20-15(18-4)22(6)11-13-9-12(17)10-21(13)5;/h9-10H,7-8,11H2,1-6H3,(H,18,20)(H,19,23);1H. The van der Waals surface area contributed by atoms with Crippen LogP contribution in [0.4, 0.5) is 0 Å². The van der Waals surface area contributed by atoms with Gasteiger partial charge in [0.05, 0.1) is 11.6 Å². The fraction of sp³-hybridized carbons (Fsp3) is 0.625. The summed E-state index contributed by atoms with van der Waals surface area (Å²) in [5.74, 6) is 0.813. The van der Waals surface area contributed by atoms with E-state index in [0.717, 1.165) is 16.7 Å². The second kappa shape index (κ2) is 10.1. The highest BCUT2D eigenvalue weighted by atomic mass is 127. The molecule has 1 heterocycles. The van der Waals surface area contributed by atoms with Crippen molar-refractivity contribution in [2.75, 3.05) is 27.2 Å². The molecule has 1 aromatic rings. The third-order valence-corrected chi connectivity index (χ3v) is 3.63.